The molecule has 0 saturated carbocycles. The highest BCUT2D eigenvalue weighted by molar-refractivity contribution is 6.03. The first-order chi connectivity index (χ1) is 22.6. The molecule has 3 aromatic rings. The molecule has 2 N–H and O–H groups in total. The Hall–Kier alpha value is -5.57. The Morgan fingerprint density at radius 3 is 2.48 bits per heavy atom. The summed E-state index contributed by atoms with van der Waals surface area (Å²) in [5.41, 5.74) is -0.277. The minimum absolute atomic E-state index is 0.0247. The van der Waals surface area contributed by atoms with Gasteiger partial charge in [0.15, 0.2) is 0 Å². The number of nitrogens with one attached hydrogen (secondary N) is 2. The molecule has 12 heteroatoms. The lowest BCUT2D eigenvalue weighted by molar-refractivity contribution is -0.147. The molecule has 252 valence electrons. The molecule has 1 aromatic heterocycles. The number of aromatic nitrogens is 1. The molecule has 0 aliphatic carbocycles. The van der Waals surface area contributed by atoms with Crippen molar-refractivity contribution in [3.05, 3.63) is 78.1 Å². The van der Waals surface area contributed by atoms with Crippen molar-refractivity contribution in [2.75, 3.05) is 25.2 Å². The Labute approximate surface area is 280 Å². The number of esters is 1. The first kappa shape index (κ1) is 35.3. The largest absolute Gasteiger partial charge is 0.489 e. The second kappa shape index (κ2) is 14.9. The Morgan fingerprint density at radius 2 is 1.77 bits per heavy atom. The summed E-state index contributed by atoms with van der Waals surface area (Å²) in [7, 11) is 1.59. The van der Waals surface area contributed by atoms with Gasteiger partial charge in [0.2, 0.25) is 0 Å². The van der Waals surface area contributed by atoms with Crippen LogP contribution in [-0.4, -0.2) is 66.8 Å². The maximum Gasteiger partial charge on any atom is 0.408 e. The molecule has 1 aliphatic rings. The van der Waals surface area contributed by atoms with Gasteiger partial charge in [0.25, 0.3) is 11.8 Å². The Balaban J connectivity index is 1.37. The fraction of sp³-hybridized carbons (Fsp3) is 0.361. The van der Waals surface area contributed by atoms with Gasteiger partial charge in [-0.2, -0.15) is 0 Å². The van der Waals surface area contributed by atoms with Crippen molar-refractivity contribution in [2.45, 2.75) is 59.2 Å². The summed E-state index contributed by atoms with van der Waals surface area (Å²) >= 11 is 0. The van der Waals surface area contributed by atoms with E-state index in [9.17, 15) is 19.2 Å². The average molecular weight is 657 g/mol. The molecule has 4 rings (SSSR count). The number of carbonyl (C=O) groups is 4. The monoisotopic (exact) mass is 656 g/mol. The summed E-state index contributed by atoms with van der Waals surface area (Å²) in [5, 5.41) is 5.18. The lowest BCUT2D eigenvalue weighted by atomic mass is 9.95. The van der Waals surface area contributed by atoms with Crippen LogP contribution in [0.15, 0.2) is 66.9 Å². The lowest BCUT2D eigenvalue weighted by Gasteiger charge is -2.22. The van der Waals surface area contributed by atoms with Crippen molar-refractivity contribution in [1.82, 2.24) is 15.6 Å². The molecule has 1 unspecified atom stereocenters. The Morgan fingerprint density at radius 1 is 1.04 bits per heavy atom. The van der Waals surface area contributed by atoms with Gasteiger partial charge in [0.05, 0.1) is 11.1 Å². The molecule has 2 aromatic carbocycles. The highest BCUT2D eigenvalue weighted by Crippen LogP contribution is 2.32. The molecule has 0 radical (unpaired) electrons. The van der Waals surface area contributed by atoms with Crippen LogP contribution in [0.25, 0.3) is 0 Å². The van der Waals surface area contributed by atoms with Gasteiger partial charge in [-0.3, -0.25) is 14.6 Å². The number of likely N-dealkylation sites (N-methyl/N-ethyl adjacent to an activating group) is 1. The molecule has 12 nitrogen and oxygen atoms in total. The first-order valence-electron chi connectivity index (χ1n) is 15.3. The summed E-state index contributed by atoms with van der Waals surface area (Å²) in [6.07, 6.45) is 0.741. The van der Waals surface area contributed by atoms with E-state index in [4.69, 9.17) is 18.9 Å². The third-order valence-electron chi connectivity index (χ3n) is 6.81. The first-order valence-corrected chi connectivity index (χ1v) is 15.3. The van der Waals surface area contributed by atoms with Gasteiger partial charge in [-0.1, -0.05) is 30.0 Å². The number of alkyl carbamates (subject to hydrolysis) is 1. The van der Waals surface area contributed by atoms with Crippen LogP contribution in [0.1, 0.15) is 57.6 Å². The van der Waals surface area contributed by atoms with Gasteiger partial charge in [0.1, 0.15) is 53.8 Å². The quantitative estimate of drug-likeness (QED) is 0.256. The van der Waals surface area contributed by atoms with Crippen LogP contribution in [0.4, 0.5) is 10.5 Å². The van der Waals surface area contributed by atoms with Crippen LogP contribution in [0.3, 0.4) is 0 Å². The molecule has 0 saturated heterocycles. The molecule has 0 fully saturated rings. The molecule has 2 atom stereocenters. The number of fused-ring (bicyclic) bond motifs is 1. The van der Waals surface area contributed by atoms with E-state index >= 15 is 0 Å². The zero-order chi connectivity index (χ0) is 35.1. The van der Waals surface area contributed by atoms with Gasteiger partial charge in [0, 0.05) is 24.9 Å². The van der Waals surface area contributed by atoms with E-state index in [0.29, 0.717) is 28.5 Å². The SMILES string of the molecule is C[C@H](NC(=O)OC(C)(C)C)C(=O)OCC(C)(C)C#Cc1ccc2c(c1)N(C)C(=O)C(NC(=O)c1cc(Oc3ccccc3)ccn1)CO2. The van der Waals surface area contributed by atoms with E-state index in [1.54, 1.807) is 64.2 Å². The second-order valence-corrected chi connectivity index (χ2v) is 12.8. The fourth-order valence-corrected chi connectivity index (χ4v) is 4.33. The van der Waals surface area contributed by atoms with Crippen LogP contribution in [0, 0.1) is 17.3 Å². The minimum Gasteiger partial charge on any atom is -0.489 e. The number of benzene rings is 2. The summed E-state index contributed by atoms with van der Waals surface area (Å²) in [6.45, 7) is 10.2. The molecule has 1 aliphatic heterocycles. The van der Waals surface area contributed by atoms with E-state index in [1.165, 1.54) is 24.1 Å². The second-order valence-electron chi connectivity index (χ2n) is 12.8. The highest BCUT2D eigenvalue weighted by atomic mass is 16.6. The molecule has 0 spiro atoms. The van der Waals surface area contributed by atoms with E-state index in [1.807, 2.05) is 32.0 Å². The maximum absolute atomic E-state index is 13.4. The number of hydrogen-bond donors (Lipinski definition) is 2. The molecule has 0 bridgehead atoms. The highest BCUT2D eigenvalue weighted by Gasteiger charge is 2.31. The number of pyridine rings is 1. The lowest BCUT2D eigenvalue weighted by Crippen LogP contribution is -2.49. The van der Waals surface area contributed by atoms with Crippen molar-refractivity contribution < 1.29 is 38.1 Å². The van der Waals surface area contributed by atoms with E-state index in [0.717, 1.165) is 0 Å². The number of amides is 3. The zero-order valence-electron chi connectivity index (χ0n) is 28.1. The number of para-hydroxylation sites is 1. The van der Waals surface area contributed by atoms with Gasteiger partial charge < -0.3 is 34.5 Å². The Bertz CT molecular complexity index is 1720. The van der Waals surface area contributed by atoms with Crippen molar-refractivity contribution in [2.24, 2.45) is 5.41 Å². The molecule has 2 heterocycles. The van der Waals surface area contributed by atoms with Crippen LogP contribution in [0.2, 0.25) is 0 Å². The third-order valence-corrected chi connectivity index (χ3v) is 6.81. The average Bonchev–Trinajstić information content (AvgIpc) is 3.14. The number of hydrogen-bond acceptors (Lipinski definition) is 9. The fourth-order valence-electron chi connectivity index (χ4n) is 4.33. The van der Waals surface area contributed by atoms with Gasteiger partial charge in [-0.05, 0) is 77.9 Å². The maximum atomic E-state index is 13.4. The summed E-state index contributed by atoms with van der Waals surface area (Å²) < 4.78 is 22.3. The summed E-state index contributed by atoms with van der Waals surface area (Å²) in [6, 6.07) is 15.5. The number of ether oxygens (including phenoxy) is 4. The smallest absolute Gasteiger partial charge is 0.408 e. The molecule has 3 amide bonds. The van der Waals surface area contributed by atoms with Crippen LogP contribution in [0.5, 0.6) is 17.2 Å². The van der Waals surface area contributed by atoms with Crippen LogP contribution >= 0.6 is 0 Å². The molecular formula is C36H40N4O8. The van der Waals surface area contributed by atoms with Crippen molar-refractivity contribution >= 4 is 29.6 Å². The predicted octanol–water partition coefficient (Wildman–Crippen LogP) is 4.86. The van der Waals surface area contributed by atoms with Crippen LogP contribution in [-0.2, 0) is 19.1 Å². The number of rotatable bonds is 8. The standard InChI is InChI=1S/C36H40N4O8/c1-23(38-34(44)48-35(2,3)4)33(43)46-22-36(5,6)17-15-24-13-14-30-29(19-24)40(7)32(42)28(21-45-30)39-31(41)27-20-26(16-18-37-27)47-25-11-9-8-10-12-25/h8-14,16,18-20,23,28H,21-22H2,1-7H3,(H,38,44)(H,39,41)/t23-,28?/m0/s1. The van der Waals surface area contributed by atoms with Crippen molar-refractivity contribution in [1.29, 1.82) is 0 Å². The number of anilines is 1. The van der Waals surface area contributed by atoms with E-state index < -0.39 is 41.1 Å². The number of carbonyl (C=O) groups excluding carboxylic acids is 4. The zero-order valence-corrected chi connectivity index (χ0v) is 28.1. The van der Waals surface area contributed by atoms with E-state index in [2.05, 4.69) is 27.5 Å². The normalized spacial score (nSPS) is 14.9. The minimum atomic E-state index is -0.981. The summed E-state index contributed by atoms with van der Waals surface area (Å²) in [5.74, 6) is 6.10. The van der Waals surface area contributed by atoms with Crippen molar-refractivity contribution in [3.8, 4) is 29.1 Å². The van der Waals surface area contributed by atoms with Gasteiger partial charge in [-0.15, -0.1) is 0 Å². The van der Waals surface area contributed by atoms with Crippen molar-refractivity contribution in [3.63, 3.8) is 0 Å². The summed E-state index contributed by atoms with van der Waals surface area (Å²) in [4.78, 5) is 56.5. The van der Waals surface area contributed by atoms with Gasteiger partial charge in [-0.25, -0.2) is 9.59 Å². The van der Waals surface area contributed by atoms with Gasteiger partial charge >= 0.3 is 12.1 Å². The number of nitrogens with zero attached hydrogens (tertiary/aromatic N) is 2. The van der Waals surface area contributed by atoms with Crippen LogP contribution < -0.4 is 25.0 Å². The molecular weight excluding hydrogens is 616 g/mol. The Kier molecular flexibility index (Phi) is 10.9. The predicted molar refractivity (Wildman–Crippen MR) is 178 cm³/mol. The third kappa shape index (κ3) is 9.96. The van der Waals surface area contributed by atoms with E-state index in [-0.39, 0.29) is 24.8 Å². The topological polar surface area (TPSA) is 145 Å². The molecule has 48 heavy (non-hydrogen) atoms.